The SMILES string of the molecule is O=C(C1CC(=O)N(c2ccc(F)cc2)C1)N1CCC(Oc2nc3ccc(F)cc3s2)CC1. The monoisotopic (exact) mass is 457 g/mol. The van der Waals surface area contributed by atoms with Gasteiger partial charge in [0.1, 0.15) is 17.7 Å². The Balaban J connectivity index is 1.16. The fourth-order valence-corrected chi connectivity index (χ4v) is 5.17. The topological polar surface area (TPSA) is 62.7 Å². The van der Waals surface area contributed by atoms with E-state index < -0.39 is 5.92 Å². The van der Waals surface area contributed by atoms with Gasteiger partial charge in [-0.15, -0.1) is 0 Å². The number of ether oxygens (including phenoxy) is 1. The molecule has 2 aromatic carbocycles. The van der Waals surface area contributed by atoms with Crippen LogP contribution in [0, 0.1) is 17.6 Å². The summed E-state index contributed by atoms with van der Waals surface area (Å²) in [6.07, 6.45) is 1.43. The van der Waals surface area contributed by atoms with E-state index in [2.05, 4.69) is 4.98 Å². The average molecular weight is 458 g/mol. The van der Waals surface area contributed by atoms with Gasteiger partial charge in [-0.2, -0.15) is 0 Å². The molecular weight excluding hydrogens is 436 g/mol. The van der Waals surface area contributed by atoms with Crippen molar-refractivity contribution in [1.29, 1.82) is 0 Å². The minimum absolute atomic E-state index is 0.0307. The van der Waals surface area contributed by atoms with Crippen LogP contribution in [-0.2, 0) is 9.59 Å². The molecule has 32 heavy (non-hydrogen) atoms. The number of fused-ring (bicyclic) bond motifs is 1. The number of benzene rings is 2. The van der Waals surface area contributed by atoms with Gasteiger partial charge in [-0.3, -0.25) is 9.59 Å². The van der Waals surface area contributed by atoms with Crippen molar-refractivity contribution >= 4 is 39.1 Å². The van der Waals surface area contributed by atoms with Crippen LogP contribution in [0.1, 0.15) is 19.3 Å². The van der Waals surface area contributed by atoms with E-state index >= 15 is 0 Å². The van der Waals surface area contributed by atoms with E-state index in [1.807, 2.05) is 0 Å². The molecule has 0 N–H and O–H groups in total. The summed E-state index contributed by atoms with van der Waals surface area (Å²) in [6.45, 7) is 1.40. The highest BCUT2D eigenvalue weighted by molar-refractivity contribution is 7.20. The number of carbonyl (C=O) groups is 2. The quantitative estimate of drug-likeness (QED) is 0.594. The molecule has 3 heterocycles. The van der Waals surface area contributed by atoms with Crippen LogP contribution in [0.4, 0.5) is 14.5 Å². The number of carbonyl (C=O) groups excluding carboxylic acids is 2. The van der Waals surface area contributed by atoms with Crippen LogP contribution >= 0.6 is 11.3 Å². The number of likely N-dealkylation sites (tertiary alicyclic amines) is 1. The number of nitrogens with zero attached hydrogens (tertiary/aromatic N) is 3. The van der Waals surface area contributed by atoms with Gasteiger partial charge in [0.25, 0.3) is 5.19 Å². The Kier molecular flexibility index (Phi) is 5.50. The van der Waals surface area contributed by atoms with E-state index in [9.17, 15) is 18.4 Å². The summed E-state index contributed by atoms with van der Waals surface area (Å²) in [7, 11) is 0. The van der Waals surface area contributed by atoms with Crippen molar-refractivity contribution in [1.82, 2.24) is 9.88 Å². The molecule has 1 aromatic heterocycles. The summed E-state index contributed by atoms with van der Waals surface area (Å²) >= 11 is 1.31. The fourth-order valence-electron chi connectivity index (χ4n) is 4.27. The van der Waals surface area contributed by atoms with Gasteiger partial charge >= 0.3 is 0 Å². The third-order valence-corrected chi connectivity index (χ3v) is 6.87. The molecule has 6 nitrogen and oxygen atoms in total. The largest absolute Gasteiger partial charge is 0.467 e. The minimum atomic E-state index is -0.399. The molecule has 1 unspecified atom stereocenters. The second kappa shape index (κ2) is 8.46. The first-order valence-electron chi connectivity index (χ1n) is 10.5. The molecule has 2 fully saturated rings. The van der Waals surface area contributed by atoms with Gasteiger partial charge in [0, 0.05) is 44.6 Å². The summed E-state index contributed by atoms with van der Waals surface area (Å²) in [5.74, 6) is -1.22. The Morgan fingerprint density at radius 2 is 1.78 bits per heavy atom. The molecule has 3 aromatic rings. The molecule has 0 bridgehead atoms. The molecule has 2 aliphatic heterocycles. The molecule has 0 aliphatic carbocycles. The van der Waals surface area contributed by atoms with Crippen LogP contribution < -0.4 is 9.64 Å². The van der Waals surface area contributed by atoms with E-state index in [1.165, 1.54) is 35.6 Å². The predicted molar refractivity (Wildman–Crippen MR) is 117 cm³/mol. The lowest BCUT2D eigenvalue weighted by molar-refractivity contribution is -0.137. The third kappa shape index (κ3) is 4.17. The minimum Gasteiger partial charge on any atom is -0.467 e. The Bertz CT molecular complexity index is 1160. The van der Waals surface area contributed by atoms with Crippen LogP contribution in [0.2, 0.25) is 0 Å². The summed E-state index contributed by atoms with van der Waals surface area (Å²) in [5, 5.41) is 0.506. The number of hydrogen-bond donors (Lipinski definition) is 0. The maximum Gasteiger partial charge on any atom is 0.274 e. The molecule has 9 heteroatoms. The van der Waals surface area contributed by atoms with Crippen molar-refractivity contribution in [3.05, 3.63) is 54.1 Å². The number of hydrogen-bond acceptors (Lipinski definition) is 5. The van der Waals surface area contributed by atoms with Crippen LogP contribution in [-0.4, -0.2) is 47.4 Å². The number of amides is 2. The zero-order valence-corrected chi connectivity index (χ0v) is 18.0. The second-order valence-electron chi connectivity index (χ2n) is 8.12. The van der Waals surface area contributed by atoms with Gasteiger partial charge in [0.2, 0.25) is 11.8 Å². The van der Waals surface area contributed by atoms with Gasteiger partial charge < -0.3 is 14.5 Å². The van der Waals surface area contributed by atoms with Crippen LogP contribution in [0.15, 0.2) is 42.5 Å². The Hall–Kier alpha value is -3.07. The highest BCUT2D eigenvalue weighted by Gasteiger charge is 2.38. The molecule has 0 radical (unpaired) electrons. The van der Waals surface area contributed by atoms with E-state index in [4.69, 9.17) is 4.74 Å². The van der Waals surface area contributed by atoms with Crippen LogP contribution in [0.3, 0.4) is 0 Å². The van der Waals surface area contributed by atoms with Gasteiger partial charge in [-0.25, -0.2) is 13.8 Å². The number of aromatic nitrogens is 1. The Morgan fingerprint density at radius 3 is 2.53 bits per heavy atom. The molecule has 2 amide bonds. The van der Waals surface area contributed by atoms with Crippen molar-refractivity contribution in [3.8, 4) is 5.19 Å². The lowest BCUT2D eigenvalue weighted by Crippen LogP contribution is -2.44. The lowest BCUT2D eigenvalue weighted by Gasteiger charge is -2.33. The maximum absolute atomic E-state index is 13.4. The fraction of sp³-hybridized carbons (Fsp3) is 0.348. The maximum atomic E-state index is 13.4. The first-order valence-corrected chi connectivity index (χ1v) is 11.4. The number of halogens is 2. The van der Waals surface area contributed by atoms with Crippen molar-refractivity contribution in [2.45, 2.75) is 25.4 Å². The van der Waals surface area contributed by atoms with Gasteiger partial charge in [0.15, 0.2) is 0 Å². The van der Waals surface area contributed by atoms with Gasteiger partial charge in [-0.05, 0) is 42.5 Å². The van der Waals surface area contributed by atoms with Crippen LogP contribution in [0.25, 0.3) is 10.2 Å². The van der Waals surface area contributed by atoms with Crippen molar-refractivity contribution in [2.24, 2.45) is 5.92 Å². The van der Waals surface area contributed by atoms with Gasteiger partial charge in [0.05, 0.1) is 16.1 Å². The zero-order valence-electron chi connectivity index (χ0n) is 17.2. The molecular formula is C23H21F2N3O3S. The standard InChI is InChI=1S/C23H21F2N3O3S/c24-15-1-4-17(5-2-15)28-13-14(11-21(28)29)22(30)27-9-7-18(8-10-27)31-23-26-19-6-3-16(25)12-20(19)32-23/h1-6,12,14,18H,7-11,13H2. The summed E-state index contributed by atoms with van der Waals surface area (Å²) in [6, 6.07) is 10.2. The number of anilines is 1. The van der Waals surface area contributed by atoms with Gasteiger partial charge in [-0.1, -0.05) is 11.3 Å². The summed E-state index contributed by atoms with van der Waals surface area (Å²) < 4.78 is 33.3. The number of rotatable bonds is 4. The molecule has 0 spiro atoms. The average Bonchev–Trinajstić information content (AvgIpc) is 3.37. The molecule has 2 saturated heterocycles. The van der Waals surface area contributed by atoms with E-state index in [-0.39, 0.29) is 36.0 Å². The first kappa shape index (κ1) is 20.8. The second-order valence-corrected chi connectivity index (χ2v) is 9.11. The van der Waals surface area contributed by atoms with Crippen molar-refractivity contribution in [2.75, 3.05) is 24.5 Å². The number of piperidine rings is 1. The Labute approximate surface area is 187 Å². The van der Waals surface area contributed by atoms with E-state index in [0.717, 1.165) is 4.70 Å². The van der Waals surface area contributed by atoms with E-state index in [1.54, 1.807) is 28.0 Å². The van der Waals surface area contributed by atoms with Crippen LogP contribution in [0.5, 0.6) is 5.19 Å². The predicted octanol–water partition coefficient (Wildman–Crippen LogP) is 4.00. The summed E-state index contributed by atoms with van der Waals surface area (Å²) in [5.41, 5.74) is 1.31. The molecule has 0 saturated carbocycles. The summed E-state index contributed by atoms with van der Waals surface area (Å²) in [4.78, 5) is 33.2. The molecule has 5 rings (SSSR count). The first-order chi connectivity index (χ1) is 15.5. The molecule has 166 valence electrons. The van der Waals surface area contributed by atoms with Crippen molar-refractivity contribution < 1.29 is 23.1 Å². The highest BCUT2D eigenvalue weighted by atomic mass is 32.1. The molecule has 1 atom stereocenters. The van der Waals surface area contributed by atoms with Crippen molar-refractivity contribution in [3.63, 3.8) is 0 Å². The van der Waals surface area contributed by atoms with E-state index in [0.29, 0.717) is 48.9 Å². The third-order valence-electron chi connectivity index (χ3n) is 5.96. The molecule has 2 aliphatic rings. The highest BCUT2D eigenvalue weighted by Crippen LogP contribution is 2.31. The lowest BCUT2D eigenvalue weighted by atomic mass is 10.0. The smallest absolute Gasteiger partial charge is 0.274 e. The Morgan fingerprint density at radius 1 is 1.06 bits per heavy atom. The number of thiazole rings is 1. The zero-order chi connectivity index (χ0) is 22.2. The normalized spacial score (nSPS) is 19.7.